The van der Waals surface area contributed by atoms with Crippen LogP contribution in [-0.2, 0) is 21.4 Å². The number of halogens is 2. The van der Waals surface area contributed by atoms with Crippen molar-refractivity contribution in [3.05, 3.63) is 94.0 Å². The lowest BCUT2D eigenvalue weighted by Crippen LogP contribution is -2.41. The Kier molecular flexibility index (Phi) is 8.84. The summed E-state index contributed by atoms with van der Waals surface area (Å²) in [6, 6.07) is 20.9. The molecule has 33 heavy (non-hydrogen) atoms. The number of carbonyl (C=O) groups is 1. The maximum Gasteiger partial charge on any atom is 0.245 e. The maximum absolute atomic E-state index is 13.5. The van der Waals surface area contributed by atoms with E-state index in [1.54, 1.807) is 23.9 Å². The van der Waals surface area contributed by atoms with Crippen LogP contribution in [0.5, 0.6) is 0 Å². The normalized spacial score (nSPS) is 12.5. The fourth-order valence-electron chi connectivity index (χ4n) is 3.25. The molecular weight excluding hydrogens is 499 g/mol. The van der Waals surface area contributed by atoms with Crippen molar-refractivity contribution in [2.45, 2.75) is 29.3 Å². The minimum atomic E-state index is -4.10. The second-order valence-electron chi connectivity index (χ2n) is 7.40. The van der Waals surface area contributed by atoms with Crippen LogP contribution < -0.4 is 5.32 Å². The van der Waals surface area contributed by atoms with E-state index < -0.39 is 15.9 Å². The standard InChI is InChI=1S/C24H24Cl2N2O3S2/c1-17(19-8-11-21(32-2)12-9-19)27-24(29)16-28(15-18-6-4-3-5-7-18)33(30,31)23-14-20(25)10-13-22(23)26/h3-14,17H,15-16H2,1-2H3,(H,27,29). The van der Waals surface area contributed by atoms with E-state index in [1.807, 2.05) is 55.6 Å². The van der Waals surface area contributed by atoms with Crippen LogP contribution in [0, 0.1) is 0 Å². The Morgan fingerprint density at radius 2 is 1.70 bits per heavy atom. The average Bonchev–Trinajstić information content (AvgIpc) is 2.80. The highest BCUT2D eigenvalue weighted by Crippen LogP contribution is 2.28. The quantitative estimate of drug-likeness (QED) is 0.361. The molecule has 0 aliphatic carbocycles. The number of amides is 1. The first-order chi connectivity index (χ1) is 15.7. The molecule has 1 atom stereocenters. The number of hydrogen-bond donors (Lipinski definition) is 1. The lowest BCUT2D eigenvalue weighted by molar-refractivity contribution is -0.122. The number of nitrogens with one attached hydrogen (secondary N) is 1. The summed E-state index contributed by atoms with van der Waals surface area (Å²) in [6.07, 6.45) is 1.99. The van der Waals surface area contributed by atoms with Crippen molar-refractivity contribution in [3.63, 3.8) is 0 Å². The van der Waals surface area contributed by atoms with Gasteiger partial charge in [0.25, 0.3) is 0 Å². The summed E-state index contributed by atoms with van der Waals surface area (Å²) in [6.45, 7) is 1.50. The molecule has 0 heterocycles. The van der Waals surface area contributed by atoms with Crippen molar-refractivity contribution in [1.29, 1.82) is 0 Å². The predicted molar refractivity (Wildman–Crippen MR) is 135 cm³/mol. The summed E-state index contributed by atoms with van der Waals surface area (Å²) in [5, 5.41) is 3.17. The Hall–Kier alpha value is -2.03. The largest absolute Gasteiger partial charge is 0.348 e. The highest BCUT2D eigenvalue weighted by Gasteiger charge is 2.29. The summed E-state index contributed by atoms with van der Waals surface area (Å²) in [5.74, 6) is -0.422. The van der Waals surface area contributed by atoms with Crippen molar-refractivity contribution < 1.29 is 13.2 Å². The van der Waals surface area contributed by atoms with E-state index in [0.29, 0.717) is 0 Å². The van der Waals surface area contributed by atoms with Crippen molar-refractivity contribution in [2.24, 2.45) is 0 Å². The highest BCUT2D eigenvalue weighted by atomic mass is 35.5. The highest BCUT2D eigenvalue weighted by molar-refractivity contribution is 7.98. The Balaban J connectivity index is 1.84. The van der Waals surface area contributed by atoms with E-state index in [2.05, 4.69) is 5.32 Å². The van der Waals surface area contributed by atoms with Crippen LogP contribution in [0.3, 0.4) is 0 Å². The van der Waals surface area contributed by atoms with Crippen LogP contribution in [0.2, 0.25) is 10.0 Å². The Labute approximate surface area is 209 Å². The molecule has 0 aromatic heterocycles. The number of sulfonamides is 1. The Morgan fingerprint density at radius 3 is 2.33 bits per heavy atom. The molecule has 0 aliphatic heterocycles. The van der Waals surface area contributed by atoms with Crippen molar-refractivity contribution in [2.75, 3.05) is 12.8 Å². The third-order valence-corrected chi connectivity index (χ3v) is 8.28. The summed E-state index contributed by atoms with van der Waals surface area (Å²) < 4.78 is 28.1. The van der Waals surface area contributed by atoms with Crippen LogP contribution in [-0.4, -0.2) is 31.4 Å². The first-order valence-electron chi connectivity index (χ1n) is 10.1. The van der Waals surface area contributed by atoms with Gasteiger partial charge in [-0.25, -0.2) is 8.42 Å². The lowest BCUT2D eigenvalue weighted by atomic mass is 10.1. The van der Waals surface area contributed by atoms with E-state index in [0.717, 1.165) is 20.3 Å². The Morgan fingerprint density at radius 1 is 1.03 bits per heavy atom. The third-order valence-electron chi connectivity index (χ3n) is 5.03. The molecule has 1 N–H and O–H groups in total. The predicted octanol–water partition coefficient (Wildman–Crippen LogP) is 5.78. The molecule has 0 saturated carbocycles. The van der Waals surface area contributed by atoms with E-state index in [1.165, 1.54) is 18.2 Å². The van der Waals surface area contributed by atoms with Gasteiger partial charge in [0.1, 0.15) is 4.90 Å². The van der Waals surface area contributed by atoms with E-state index in [4.69, 9.17) is 23.2 Å². The number of nitrogens with zero attached hydrogens (tertiary/aromatic N) is 1. The van der Waals surface area contributed by atoms with Crippen LogP contribution >= 0.6 is 35.0 Å². The average molecular weight is 524 g/mol. The number of benzene rings is 3. The third kappa shape index (κ3) is 6.74. The smallest absolute Gasteiger partial charge is 0.245 e. The topological polar surface area (TPSA) is 66.5 Å². The van der Waals surface area contributed by atoms with E-state index in [-0.39, 0.29) is 34.1 Å². The SMILES string of the molecule is CSc1ccc(C(C)NC(=O)CN(Cc2ccccc2)S(=O)(=O)c2cc(Cl)ccc2Cl)cc1. The molecule has 3 aromatic rings. The molecule has 0 fully saturated rings. The molecule has 3 rings (SSSR count). The maximum atomic E-state index is 13.5. The van der Waals surface area contributed by atoms with Gasteiger partial charge in [0, 0.05) is 16.5 Å². The molecule has 0 bridgehead atoms. The summed E-state index contributed by atoms with van der Waals surface area (Å²) in [5.41, 5.74) is 1.67. The number of hydrogen-bond acceptors (Lipinski definition) is 4. The first-order valence-corrected chi connectivity index (χ1v) is 13.5. The van der Waals surface area contributed by atoms with Crippen molar-refractivity contribution in [3.8, 4) is 0 Å². The molecule has 1 unspecified atom stereocenters. The fourth-order valence-corrected chi connectivity index (χ4v) is 5.78. The van der Waals surface area contributed by atoms with Crippen LogP contribution in [0.1, 0.15) is 24.1 Å². The van der Waals surface area contributed by atoms with Gasteiger partial charge in [-0.2, -0.15) is 4.31 Å². The van der Waals surface area contributed by atoms with Gasteiger partial charge in [-0.3, -0.25) is 4.79 Å². The van der Waals surface area contributed by atoms with Gasteiger partial charge in [0.15, 0.2) is 0 Å². The van der Waals surface area contributed by atoms with Crippen LogP contribution in [0.25, 0.3) is 0 Å². The molecule has 0 saturated heterocycles. The zero-order valence-corrected chi connectivity index (χ0v) is 21.3. The molecule has 3 aromatic carbocycles. The molecule has 1 amide bonds. The van der Waals surface area contributed by atoms with Crippen LogP contribution in [0.15, 0.2) is 82.6 Å². The molecule has 0 spiro atoms. The minimum absolute atomic E-state index is 0.0102. The van der Waals surface area contributed by atoms with Crippen LogP contribution in [0.4, 0.5) is 0 Å². The zero-order chi connectivity index (χ0) is 24.0. The summed E-state index contributed by atoms with van der Waals surface area (Å²) in [7, 11) is -4.10. The molecule has 174 valence electrons. The molecular formula is C24H24Cl2N2O3S2. The van der Waals surface area contributed by atoms with Gasteiger partial charge in [-0.15, -0.1) is 11.8 Å². The first kappa shape index (κ1) is 25.6. The summed E-state index contributed by atoms with van der Waals surface area (Å²) in [4.78, 5) is 13.9. The minimum Gasteiger partial charge on any atom is -0.348 e. The number of rotatable bonds is 9. The van der Waals surface area contributed by atoms with Gasteiger partial charge in [0.05, 0.1) is 17.6 Å². The number of carbonyl (C=O) groups excluding carboxylic acids is 1. The summed E-state index contributed by atoms with van der Waals surface area (Å²) >= 11 is 13.9. The molecule has 5 nitrogen and oxygen atoms in total. The number of thioether (sulfide) groups is 1. The molecule has 9 heteroatoms. The van der Waals surface area contributed by atoms with Crippen molar-refractivity contribution >= 4 is 50.9 Å². The van der Waals surface area contributed by atoms with E-state index >= 15 is 0 Å². The lowest BCUT2D eigenvalue weighted by Gasteiger charge is -2.24. The monoisotopic (exact) mass is 522 g/mol. The van der Waals surface area contributed by atoms with Crippen molar-refractivity contribution in [1.82, 2.24) is 9.62 Å². The molecule has 0 aliphatic rings. The van der Waals surface area contributed by atoms with Gasteiger partial charge in [-0.1, -0.05) is 65.7 Å². The van der Waals surface area contributed by atoms with Gasteiger partial charge in [-0.05, 0) is 54.6 Å². The van der Waals surface area contributed by atoms with Gasteiger partial charge >= 0.3 is 0 Å². The van der Waals surface area contributed by atoms with Gasteiger partial charge in [0.2, 0.25) is 15.9 Å². The zero-order valence-electron chi connectivity index (χ0n) is 18.2. The van der Waals surface area contributed by atoms with Gasteiger partial charge < -0.3 is 5.32 Å². The second kappa shape index (κ2) is 11.4. The van der Waals surface area contributed by atoms with E-state index in [9.17, 15) is 13.2 Å². The Bertz CT molecular complexity index is 1200. The fraction of sp³-hybridized carbons (Fsp3) is 0.208. The second-order valence-corrected chi connectivity index (χ2v) is 11.0. The molecule has 0 radical (unpaired) electrons.